The third-order valence-electron chi connectivity index (χ3n) is 11.8. The zero-order valence-electron chi connectivity index (χ0n) is 30.6. The fourth-order valence-corrected chi connectivity index (χ4v) is 10.0. The van der Waals surface area contributed by atoms with Gasteiger partial charge in [-0.1, -0.05) is 155 Å². The van der Waals surface area contributed by atoms with Crippen molar-refractivity contribution in [2.45, 2.75) is 59.8 Å². The summed E-state index contributed by atoms with van der Waals surface area (Å²) in [5.41, 5.74) is 16.2. The third-order valence-corrected chi connectivity index (χ3v) is 11.8. The Kier molecular flexibility index (Phi) is 7.58. The zero-order valence-corrected chi connectivity index (χ0v) is 30.6. The standard InChI is InChI=1S/C48H45BN2/c1-30-25-32(3)45(33(4)26-30)49(46-34(5)27-31(2)28-35(46)6)36-15-14-18-38(29-36)51-44-22-13-11-20-40(44)42-24-23-41-39-19-10-12-21-43(39)50(47(41)48(42)51)37-16-8-7-9-17-37/h7-17,19-29,32,38,45H,18H2,1-6H3. The topological polar surface area (TPSA) is 9.86 Å². The summed E-state index contributed by atoms with van der Waals surface area (Å²) in [4.78, 5) is 0. The molecule has 0 fully saturated rings. The molecule has 3 atom stereocenters. The van der Waals surface area contributed by atoms with Gasteiger partial charge in [-0.25, -0.2) is 0 Å². The number of para-hydroxylation sites is 3. The van der Waals surface area contributed by atoms with Crippen molar-refractivity contribution in [2.24, 2.45) is 5.92 Å². The number of allylic oxidation sites excluding steroid dienone is 8. The molecule has 0 spiro atoms. The van der Waals surface area contributed by atoms with Crippen LogP contribution < -0.4 is 5.46 Å². The highest BCUT2D eigenvalue weighted by atomic mass is 15.1. The number of aromatic nitrogens is 2. The van der Waals surface area contributed by atoms with Crippen molar-refractivity contribution in [2.75, 3.05) is 0 Å². The maximum Gasteiger partial charge on any atom is 0.217 e. The normalized spacial score (nSPS) is 19.2. The second-order valence-electron chi connectivity index (χ2n) is 15.3. The van der Waals surface area contributed by atoms with Crippen LogP contribution in [0, 0.1) is 26.7 Å². The van der Waals surface area contributed by atoms with Crippen LogP contribution in [0.1, 0.15) is 49.9 Å². The van der Waals surface area contributed by atoms with Crippen LogP contribution in [-0.2, 0) is 0 Å². The summed E-state index contributed by atoms with van der Waals surface area (Å²) in [6, 6.07) is 38.5. The van der Waals surface area contributed by atoms with Gasteiger partial charge in [-0.05, 0) is 77.0 Å². The van der Waals surface area contributed by atoms with Crippen molar-refractivity contribution in [3.63, 3.8) is 0 Å². The molecule has 0 amide bonds. The Morgan fingerprint density at radius 3 is 1.98 bits per heavy atom. The summed E-state index contributed by atoms with van der Waals surface area (Å²) in [6.45, 7) is 14.2. The fraction of sp³-hybridized carbons (Fsp3) is 0.208. The summed E-state index contributed by atoms with van der Waals surface area (Å²) in [5, 5.41) is 5.21. The Balaban J connectivity index is 1.34. The van der Waals surface area contributed by atoms with Gasteiger partial charge in [0.15, 0.2) is 0 Å². The van der Waals surface area contributed by atoms with Crippen LogP contribution in [0.2, 0.25) is 5.82 Å². The summed E-state index contributed by atoms with van der Waals surface area (Å²) in [7, 11) is 0. The SMILES string of the molecule is CC1=CC(C)C(B(C2=CC(n3c4ccccc4c4ccc5c6ccccc6n(-c6ccccc6)c5c43)CC=C2)c2c(C)cc(C)cc2C)C(C)=C1. The monoisotopic (exact) mass is 660 g/mol. The van der Waals surface area contributed by atoms with Crippen LogP contribution >= 0.6 is 0 Å². The maximum atomic E-state index is 2.68. The number of benzene rings is 5. The molecule has 2 heterocycles. The zero-order chi connectivity index (χ0) is 35.0. The smallest absolute Gasteiger partial charge is 0.217 e. The quantitative estimate of drug-likeness (QED) is 0.163. The molecule has 2 aromatic heterocycles. The van der Waals surface area contributed by atoms with Crippen molar-refractivity contribution in [3.05, 3.63) is 167 Å². The highest BCUT2D eigenvalue weighted by molar-refractivity contribution is 6.83. The Morgan fingerprint density at radius 1 is 0.647 bits per heavy atom. The van der Waals surface area contributed by atoms with Crippen LogP contribution in [0.4, 0.5) is 0 Å². The lowest BCUT2D eigenvalue weighted by atomic mass is 9.28. The van der Waals surface area contributed by atoms with Gasteiger partial charge in [0.2, 0.25) is 6.71 Å². The molecule has 0 radical (unpaired) electrons. The Labute approximate surface area is 302 Å². The van der Waals surface area contributed by atoms with E-state index in [0.29, 0.717) is 11.7 Å². The first kappa shape index (κ1) is 31.7. The van der Waals surface area contributed by atoms with Crippen molar-refractivity contribution in [1.29, 1.82) is 0 Å². The average molecular weight is 661 g/mol. The van der Waals surface area contributed by atoms with E-state index in [1.54, 1.807) is 0 Å². The van der Waals surface area contributed by atoms with Gasteiger partial charge in [0.1, 0.15) is 0 Å². The number of rotatable bonds is 5. The van der Waals surface area contributed by atoms with Gasteiger partial charge in [0, 0.05) is 32.7 Å². The Hall–Kier alpha value is -5.28. The van der Waals surface area contributed by atoms with E-state index in [4.69, 9.17) is 0 Å². The molecular formula is C48H45BN2. The molecule has 2 aliphatic rings. The van der Waals surface area contributed by atoms with Gasteiger partial charge in [-0.2, -0.15) is 0 Å². The maximum absolute atomic E-state index is 2.68. The van der Waals surface area contributed by atoms with E-state index in [1.807, 2.05) is 0 Å². The molecule has 9 rings (SSSR count). The van der Waals surface area contributed by atoms with Crippen molar-refractivity contribution in [3.8, 4) is 5.69 Å². The van der Waals surface area contributed by atoms with Gasteiger partial charge in [0.05, 0.1) is 22.6 Å². The minimum Gasteiger partial charge on any atom is -0.331 e. The predicted molar refractivity (Wildman–Crippen MR) is 221 cm³/mol. The lowest BCUT2D eigenvalue weighted by Gasteiger charge is -2.36. The van der Waals surface area contributed by atoms with E-state index in [0.717, 1.165) is 6.42 Å². The minimum atomic E-state index is 0.161. The molecule has 0 aliphatic heterocycles. The van der Waals surface area contributed by atoms with E-state index in [9.17, 15) is 0 Å². The highest BCUT2D eigenvalue weighted by Gasteiger charge is 2.38. The molecule has 2 aliphatic carbocycles. The number of aryl methyl sites for hydroxylation is 3. The molecule has 0 saturated heterocycles. The predicted octanol–water partition coefficient (Wildman–Crippen LogP) is 12.1. The molecule has 51 heavy (non-hydrogen) atoms. The minimum absolute atomic E-state index is 0.161. The molecule has 0 N–H and O–H groups in total. The Morgan fingerprint density at radius 2 is 1.27 bits per heavy atom. The van der Waals surface area contributed by atoms with E-state index in [-0.39, 0.29) is 12.8 Å². The first-order chi connectivity index (χ1) is 24.8. The molecule has 0 bridgehead atoms. The van der Waals surface area contributed by atoms with Crippen LogP contribution in [-0.4, -0.2) is 15.8 Å². The lowest BCUT2D eigenvalue weighted by Crippen LogP contribution is -2.44. The van der Waals surface area contributed by atoms with Crippen LogP contribution in [0.15, 0.2) is 150 Å². The molecular weight excluding hydrogens is 615 g/mol. The molecule has 250 valence electrons. The summed E-state index contributed by atoms with van der Waals surface area (Å²) in [6.07, 6.45) is 13.4. The number of nitrogens with zero attached hydrogens (tertiary/aromatic N) is 2. The van der Waals surface area contributed by atoms with E-state index in [1.165, 1.54) is 88.1 Å². The third kappa shape index (κ3) is 5.00. The van der Waals surface area contributed by atoms with Crippen molar-refractivity contribution >= 4 is 55.8 Å². The van der Waals surface area contributed by atoms with E-state index in [2.05, 4.69) is 184 Å². The molecule has 0 saturated carbocycles. The fourth-order valence-electron chi connectivity index (χ4n) is 10.0. The van der Waals surface area contributed by atoms with Gasteiger partial charge in [-0.15, -0.1) is 0 Å². The van der Waals surface area contributed by atoms with E-state index < -0.39 is 0 Å². The first-order valence-corrected chi connectivity index (χ1v) is 18.6. The second-order valence-corrected chi connectivity index (χ2v) is 15.3. The Bertz CT molecular complexity index is 2620. The summed E-state index contributed by atoms with van der Waals surface area (Å²) < 4.78 is 5.18. The van der Waals surface area contributed by atoms with Gasteiger partial charge >= 0.3 is 0 Å². The number of hydrogen-bond donors (Lipinski definition) is 0. The van der Waals surface area contributed by atoms with Crippen LogP contribution in [0.3, 0.4) is 0 Å². The first-order valence-electron chi connectivity index (χ1n) is 18.6. The molecule has 5 aromatic carbocycles. The number of fused-ring (bicyclic) bond motifs is 7. The second kappa shape index (κ2) is 12.2. The molecule has 3 unspecified atom stereocenters. The van der Waals surface area contributed by atoms with Gasteiger partial charge in [-0.3, -0.25) is 0 Å². The van der Waals surface area contributed by atoms with Gasteiger partial charge < -0.3 is 9.13 Å². The van der Waals surface area contributed by atoms with Crippen LogP contribution in [0.25, 0.3) is 49.3 Å². The molecule has 7 aromatic rings. The highest BCUT2D eigenvalue weighted by Crippen LogP contribution is 2.45. The molecule has 2 nitrogen and oxygen atoms in total. The summed E-state index contributed by atoms with van der Waals surface area (Å²) in [5.74, 6) is 0.818. The lowest BCUT2D eigenvalue weighted by molar-refractivity contribution is 0.645. The van der Waals surface area contributed by atoms with E-state index >= 15 is 0 Å². The average Bonchev–Trinajstić information content (AvgIpc) is 3.64. The van der Waals surface area contributed by atoms with Crippen molar-refractivity contribution < 1.29 is 0 Å². The molecule has 3 heteroatoms. The summed E-state index contributed by atoms with van der Waals surface area (Å²) >= 11 is 0. The largest absolute Gasteiger partial charge is 0.331 e. The van der Waals surface area contributed by atoms with Crippen LogP contribution in [0.5, 0.6) is 0 Å². The number of hydrogen-bond acceptors (Lipinski definition) is 0. The van der Waals surface area contributed by atoms with Crippen molar-refractivity contribution in [1.82, 2.24) is 9.13 Å². The van der Waals surface area contributed by atoms with Gasteiger partial charge in [0.25, 0.3) is 0 Å².